The van der Waals surface area contributed by atoms with E-state index < -0.39 is 22.7 Å². The van der Waals surface area contributed by atoms with Gasteiger partial charge in [0.2, 0.25) is 11.8 Å². The molecule has 0 heterocycles. The monoisotopic (exact) mass is 461 g/mol. The number of benzene rings is 2. The molecule has 2 rings (SSSR count). The van der Waals surface area contributed by atoms with E-state index in [0.29, 0.717) is 5.02 Å². The molecule has 2 amide bonds. The molecule has 0 aromatic heterocycles. The van der Waals surface area contributed by atoms with Gasteiger partial charge >= 0.3 is 6.18 Å². The van der Waals surface area contributed by atoms with Gasteiger partial charge in [0.1, 0.15) is 0 Å². The first-order chi connectivity index (χ1) is 14.0. The Hall–Kier alpha value is -2.29. The van der Waals surface area contributed by atoms with Crippen LogP contribution >= 0.6 is 23.2 Å². The molecule has 0 aliphatic carbocycles. The van der Waals surface area contributed by atoms with Gasteiger partial charge in [-0.25, -0.2) is 0 Å². The van der Waals surface area contributed by atoms with E-state index in [1.807, 2.05) is 0 Å². The highest BCUT2D eigenvalue weighted by Gasteiger charge is 2.33. The fourth-order valence-electron chi connectivity index (χ4n) is 2.76. The Morgan fingerprint density at radius 2 is 1.67 bits per heavy atom. The third kappa shape index (κ3) is 6.90. The third-order valence-electron chi connectivity index (χ3n) is 4.13. The quantitative estimate of drug-likeness (QED) is 0.624. The van der Waals surface area contributed by atoms with Gasteiger partial charge in [0.05, 0.1) is 29.7 Å². The third-order valence-corrected chi connectivity index (χ3v) is 4.81. The van der Waals surface area contributed by atoms with Crippen LogP contribution in [0.3, 0.4) is 0 Å². The van der Waals surface area contributed by atoms with E-state index in [-0.39, 0.29) is 30.7 Å². The van der Waals surface area contributed by atoms with E-state index in [2.05, 4.69) is 10.6 Å². The van der Waals surface area contributed by atoms with Gasteiger partial charge in [0.25, 0.3) is 0 Å². The number of halogens is 5. The Morgan fingerprint density at radius 3 is 2.30 bits per heavy atom. The predicted molar refractivity (Wildman–Crippen MR) is 111 cm³/mol. The van der Waals surface area contributed by atoms with Crippen LogP contribution in [0.15, 0.2) is 42.5 Å². The average Bonchev–Trinajstić information content (AvgIpc) is 2.62. The zero-order chi connectivity index (χ0) is 22.5. The molecule has 0 saturated heterocycles. The number of nitrogens with zero attached hydrogens (tertiary/aromatic N) is 1. The number of hydrogen-bond acceptors (Lipinski definition) is 3. The van der Waals surface area contributed by atoms with Gasteiger partial charge < -0.3 is 10.6 Å². The number of alkyl halides is 3. The number of amides is 2. The van der Waals surface area contributed by atoms with E-state index in [1.165, 1.54) is 11.0 Å². The average molecular weight is 462 g/mol. The number of carbonyl (C=O) groups excluding carboxylic acids is 2. The summed E-state index contributed by atoms with van der Waals surface area (Å²) in [6.45, 7) is 1.50. The van der Waals surface area contributed by atoms with E-state index in [9.17, 15) is 22.8 Å². The van der Waals surface area contributed by atoms with Crippen molar-refractivity contribution in [1.82, 2.24) is 10.2 Å². The van der Waals surface area contributed by atoms with E-state index >= 15 is 0 Å². The maximum atomic E-state index is 12.9. The van der Waals surface area contributed by atoms with Crippen molar-refractivity contribution in [3.63, 3.8) is 0 Å². The second kappa shape index (κ2) is 10.1. The fourth-order valence-corrected chi connectivity index (χ4v) is 3.28. The topological polar surface area (TPSA) is 61.4 Å². The molecular weight excluding hydrogens is 442 g/mol. The van der Waals surface area contributed by atoms with E-state index in [1.54, 1.807) is 38.2 Å². The SMILES string of the molecule is C[C@H](NC(=O)CN(C)CC(=O)Nc1ccc(Cl)c(C(F)(F)F)c1)c1ccccc1Cl. The summed E-state index contributed by atoms with van der Waals surface area (Å²) in [5.41, 5.74) is -0.318. The summed E-state index contributed by atoms with van der Waals surface area (Å²) in [4.78, 5) is 25.8. The maximum Gasteiger partial charge on any atom is 0.417 e. The van der Waals surface area contributed by atoms with Gasteiger partial charge in [0.15, 0.2) is 0 Å². The minimum atomic E-state index is -4.63. The molecule has 1 atom stereocenters. The number of likely N-dealkylation sites (N-methyl/N-ethyl adjacent to an activating group) is 1. The summed E-state index contributed by atoms with van der Waals surface area (Å²) < 4.78 is 38.7. The first-order valence-corrected chi connectivity index (χ1v) is 9.62. The van der Waals surface area contributed by atoms with Crippen molar-refractivity contribution in [1.29, 1.82) is 0 Å². The van der Waals surface area contributed by atoms with Gasteiger partial charge in [-0.1, -0.05) is 41.4 Å². The van der Waals surface area contributed by atoms with Crippen molar-refractivity contribution >= 4 is 40.7 Å². The van der Waals surface area contributed by atoms with Crippen molar-refractivity contribution in [2.75, 3.05) is 25.5 Å². The molecule has 0 spiro atoms. The van der Waals surface area contributed by atoms with Crippen molar-refractivity contribution < 1.29 is 22.8 Å². The Kier molecular flexibility index (Phi) is 8.11. The van der Waals surface area contributed by atoms with Crippen LogP contribution in [0, 0.1) is 0 Å². The van der Waals surface area contributed by atoms with Crippen LogP contribution in [0.4, 0.5) is 18.9 Å². The number of nitrogens with one attached hydrogen (secondary N) is 2. The lowest BCUT2D eigenvalue weighted by Crippen LogP contribution is -2.39. The Bertz CT molecular complexity index is 922. The zero-order valence-corrected chi connectivity index (χ0v) is 17.7. The summed E-state index contributed by atoms with van der Waals surface area (Å²) in [6, 6.07) is 9.87. The molecule has 0 saturated carbocycles. The van der Waals surface area contributed by atoms with Gasteiger partial charge in [-0.05, 0) is 43.8 Å². The molecular formula is C20H20Cl2F3N3O2. The van der Waals surface area contributed by atoms with Gasteiger partial charge in [-0.15, -0.1) is 0 Å². The lowest BCUT2D eigenvalue weighted by molar-refractivity contribution is -0.137. The van der Waals surface area contributed by atoms with Crippen molar-refractivity contribution in [3.05, 3.63) is 63.6 Å². The summed E-state index contributed by atoms with van der Waals surface area (Å²) in [5, 5.41) is 5.23. The number of carbonyl (C=O) groups is 2. The minimum Gasteiger partial charge on any atom is -0.348 e. The fraction of sp³-hybridized carbons (Fsp3) is 0.300. The minimum absolute atomic E-state index is 0.0399. The standard InChI is InChI=1S/C20H20Cl2F3N3O2/c1-12(14-5-3-4-6-16(14)21)26-18(29)10-28(2)11-19(30)27-13-7-8-17(22)15(9-13)20(23,24)25/h3-9,12H,10-11H2,1-2H3,(H,26,29)(H,27,30)/t12-/m0/s1. The molecule has 2 aromatic rings. The van der Waals surface area contributed by atoms with Crippen LogP contribution in [0.1, 0.15) is 24.1 Å². The molecule has 0 fully saturated rings. The van der Waals surface area contributed by atoms with Crippen LogP contribution in [-0.2, 0) is 15.8 Å². The molecule has 162 valence electrons. The van der Waals surface area contributed by atoms with Gasteiger partial charge in [-0.3, -0.25) is 14.5 Å². The van der Waals surface area contributed by atoms with E-state index in [0.717, 1.165) is 17.7 Å². The lowest BCUT2D eigenvalue weighted by Gasteiger charge is -2.19. The second-order valence-electron chi connectivity index (χ2n) is 6.72. The van der Waals surface area contributed by atoms with Crippen LogP contribution in [0.2, 0.25) is 10.0 Å². The normalized spacial score (nSPS) is 12.5. The Morgan fingerprint density at radius 1 is 1.03 bits per heavy atom. The molecule has 5 nitrogen and oxygen atoms in total. The van der Waals surface area contributed by atoms with Crippen molar-refractivity contribution in [2.45, 2.75) is 19.1 Å². The molecule has 0 radical (unpaired) electrons. The molecule has 30 heavy (non-hydrogen) atoms. The largest absolute Gasteiger partial charge is 0.417 e. The highest BCUT2D eigenvalue weighted by Crippen LogP contribution is 2.36. The Labute approximate surface area is 182 Å². The van der Waals surface area contributed by atoms with Crippen LogP contribution in [0.25, 0.3) is 0 Å². The molecule has 0 aliphatic heterocycles. The summed E-state index contributed by atoms with van der Waals surface area (Å²) >= 11 is 11.7. The van der Waals surface area contributed by atoms with Crippen molar-refractivity contribution in [3.8, 4) is 0 Å². The van der Waals surface area contributed by atoms with Crippen LogP contribution in [0.5, 0.6) is 0 Å². The summed E-state index contributed by atoms with van der Waals surface area (Å²) in [6.07, 6.45) is -4.63. The molecule has 2 aromatic carbocycles. The molecule has 10 heteroatoms. The maximum absolute atomic E-state index is 12.9. The smallest absolute Gasteiger partial charge is 0.348 e. The molecule has 0 unspecified atom stereocenters. The second-order valence-corrected chi connectivity index (χ2v) is 7.54. The van der Waals surface area contributed by atoms with Crippen molar-refractivity contribution in [2.24, 2.45) is 0 Å². The lowest BCUT2D eigenvalue weighted by atomic mass is 10.1. The molecule has 0 aliphatic rings. The molecule has 2 N–H and O–H groups in total. The number of rotatable bonds is 7. The Balaban J connectivity index is 1.89. The van der Waals surface area contributed by atoms with Gasteiger partial charge in [-0.2, -0.15) is 13.2 Å². The highest BCUT2D eigenvalue weighted by molar-refractivity contribution is 6.31. The van der Waals surface area contributed by atoms with Gasteiger partial charge in [0, 0.05) is 10.7 Å². The summed E-state index contributed by atoms with van der Waals surface area (Å²) in [5.74, 6) is -0.900. The predicted octanol–water partition coefficient (Wildman–Crippen LogP) is 4.76. The highest BCUT2D eigenvalue weighted by atomic mass is 35.5. The number of anilines is 1. The first kappa shape index (κ1) is 24.0. The number of hydrogen-bond donors (Lipinski definition) is 2. The van der Waals surface area contributed by atoms with Crippen LogP contribution in [-0.4, -0.2) is 36.9 Å². The molecule has 0 bridgehead atoms. The van der Waals surface area contributed by atoms with Crippen LogP contribution < -0.4 is 10.6 Å². The van der Waals surface area contributed by atoms with E-state index in [4.69, 9.17) is 23.2 Å². The summed E-state index contributed by atoms with van der Waals surface area (Å²) in [7, 11) is 1.54. The zero-order valence-electron chi connectivity index (χ0n) is 16.2. The first-order valence-electron chi connectivity index (χ1n) is 8.86.